The Hall–Kier alpha value is -1.07. The number of alkyl halides is 1. The Morgan fingerprint density at radius 3 is 2.50 bits per heavy atom. The molecule has 0 saturated heterocycles. The fraction of sp³-hybridized carbons (Fsp3) is 0.250. The summed E-state index contributed by atoms with van der Waals surface area (Å²) in [6.45, 7) is 0. The molecule has 0 bridgehead atoms. The second-order valence-corrected chi connectivity index (χ2v) is 4.99. The molecule has 1 aromatic heterocycles. The molecule has 18 heavy (non-hydrogen) atoms. The van der Waals surface area contributed by atoms with Crippen LogP contribution in [-0.4, -0.2) is 14.7 Å². The highest BCUT2D eigenvalue weighted by Gasteiger charge is 2.16. The van der Waals surface area contributed by atoms with Crippen LogP contribution in [-0.2, 0) is 13.5 Å². The van der Waals surface area contributed by atoms with E-state index in [4.69, 9.17) is 11.6 Å². The van der Waals surface area contributed by atoms with Crippen molar-refractivity contribution >= 4 is 27.5 Å². The minimum atomic E-state index is -0.340. The molecule has 96 valence electrons. The largest absolute Gasteiger partial charge is 0.290 e. The first-order valence-electron chi connectivity index (χ1n) is 5.34. The third-order valence-corrected chi connectivity index (χ3v) is 3.50. The van der Waals surface area contributed by atoms with E-state index in [0.717, 1.165) is 5.69 Å². The lowest BCUT2D eigenvalue weighted by Crippen LogP contribution is -2.19. The zero-order valence-electron chi connectivity index (χ0n) is 9.66. The van der Waals surface area contributed by atoms with Crippen LogP contribution in [0.25, 0.3) is 5.69 Å². The van der Waals surface area contributed by atoms with Crippen LogP contribution in [0.2, 0.25) is 5.02 Å². The molecule has 1 heterocycles. The van der Waals surface area contributed by atoms with Crippen LogP contribution >= 0.6 is 27.5 Å². The van der Waals surface area contributed by atoms with Crippen LogP contribution in [0.4, 0.5) is 4.39 Å². The normalized spacial score (nSPS) is 10.9. The lowest BCUT2D eigenvalue weighted by atomic mass is 10.3. The molecule has 3 nitrogen and oxygen atoms in total. The molecule has 1 aromatic carbocycles. The van der Waals surface area contributed by atoms with Crippen molar-refractivity contribution in [1.82, 2.24) is 9.36 Å². The molecule has 0 spiro atoms. The van der Waals surface area contributed by atoms with Gasteiger partial charge in [-0.2, -0.15) is 0 Å². The summed E-state index contributed by atoms with van der Waals surface area (Å²) < 4.78 is 16.0. The van der Waals surface area contributed by atoms with E-state index in [9.17, 15) is 9.18 Å². The number of nitrogens with zero attached hydrogens (tertiary/aromatic N) is 2. The Morgan fingerprint density at radius 2 is 1.94 bits per heavy atom. The Bertz CT molecular complexity index is 618. The van der Waals surface area contributed by atoms with Crippen molar-refractivity contribution in [2.24, 2.45) is 7.05 Å². The topological polar surface area (TPSA) is 26.9 Å². The summed E-state index contributed by atoms with van der Waals surface area (Å²) in [4.78, 5) is 12.1. The highest BCUT2D eigenvalue weighted by atomic mass is 79.9. The molecule has 0 aliphatic carbocycles. The highest BCUT2D eigenvalue weighted by Crippen LogP contribution is 2.16. The first-order valence-corrected chi connectivity index (χ1v) is 6.84. The minimum absolute atomic E-state index is 0.210. The van der Waals surface area contributed by atoms with Crippen LogP contribution in [0, 0.1) is 5.82 Å². The van der Waals surface area contributed by atoms with Gasteiger partial charge in [-0.3, -0.25) is 9.48 Å². The lowest BCUT2D eigenvalue weighted by molar-refractivity contribution is 0.610. The van der Waals surface area contributed by atoms with E-state index in [0.29, 0.717) is 17.4 Å². The Balaban J connectivity index is 2.61. The Kier molecular flexibility index (Phi) is 3.92. The smallest absolute Gasteiger partial charge is 0.283 e. The maximum Gasteiger partial charge on any atom is 0.290 e. The molecule has 0 atom stereocenters. The molecule has 0 fully saturated rings. The third-order valence-electron chi connectivity index (χ3n) is 2.73. The van der Waals surface area contributed by atoms with Gasteiger partial charge in [-0.25, -0.2) is 9.07 Å². The summed E-state index contributed by atoms with van der Waals surface area (Å²) in [6.07, 6.45) is 0.652. The van der Waals surface area contributed by atoms with Crippen molar-refractivity contribution in [2.75, 3.05) is 5.33 Å². The van der Waals surface area contributed by atoms with Gasteiger partial charge in [0.25, 0.3) is 5.56 Å². The van der Waals surface area contributed by atoms with Gasteiger partial charge < -0.3 is 0 Å². The quantitative estimate of drug-likeness (QED) is 0.794. The van der Waals surface area contributed by atoms with Gasteiger partial charge in [0.05, 0.1) is 11.4 Å². The van der Waals surface area contributed by atoms with E-state index in [1.165, 1.54) is 16.8 Å². The molecule has 2 rings (SSSR count). The molecule has 0 unspecified atom stereocenters. The van der Waals surface area contributed by atoms with Crippen molar-refractivity contribution in [3.8, 4) is 5.69 Å². The minimum Gasteiger partial charge on any atom is -0.283 e. The fourth-order valence-electron chi connectivity index (χ4n) is 1.85. The van der Waals surface area contributed by atoms with E-state index in [-0.39, 0.29) is 16.4 Å². The standard InChI is InChI=1S/C12H11BrClFN2O/c1-16-10(6-7-13)11(14)12(18)17(16)9-4-2-8(15)3-5-9/h2-5H,6-7H2,1H3. The zero-order valence-corrected chi connectivity index (χ0v) is 12.0. The molecular formula is C12H11BrClFN2O. The molecule has 0 amide bonds. The second kappa shape index (κ2) is 5.28. The Labute approximate surface area is 117 Å². The van der Waals surface area contributed by atoms with E-state index in [1.54, 1.807) is 23.9 Å². The van der Waals surface area contributed by atoms with Gasteiger partial charge in [0.1, 0.15) is 10.8 Å². The zero-order chi connectivity index (χ0) is 13.3. The number of benzene rings is 1. The summed E-state index contributed by atoms with van der Waals surface area (Å²) in [5.74, 6) is -0.340. The fourth-order valence-corrected chi connectivity index (χ4v) is 2.52. The molecular weight excluding hydrogens is 323 g/mol. The molecule has 0 N–H and O–H groups in total. The number of hydrogen-bond acceptors (Lipinski definition) is 1. The van der Waals surface area contributed by atoms with Gasteiger partial charge in [0.15, 0.2) is 0 Å². The van der Waals surface area contributed by atoms with E-state index in [2.05, 4.69) is 15.9 Å². The van der Waals surface area contributed by atoms with E-state index in [1.807, 2.05) is 0 Å². The average Bonchev–Trinajstić information content (AvgIpc) is 2.56. The van der Waals surface area contributed by atoms with Crippen LogP contribution in [0.1, 0.15) is 5.69 Å². The molecule has 0 saturated carbocycles. The number of aromatic nitrogens is 2. The van der Waals surface area contributed by atoms with Crippen molar-refractivity contribution < 1.29 is 4.39 Å². The van der Waals surface area contributed by atoms with Gasteiger partial charge >= 0.3 is 0 Å². The molecule has 2 aromatic rings. The summed E-state index contributed by atoms with van der Waals surface area (Å²) in [5, 5.41) is 0.925. The van der Waals surface area contributed by atoms with Crippen molar-refractivity contribution in [2.45, 2.75) is 6.42 Å². The van der Waals surface area contributed by atoms with E-state index >= 15 is 0 Å². The molecule has 0 radical (unpaired) electrons. The lowest BCUT2D eigenvalue weighted by Gasteiger charge is -2.09. The summed E-state index contributed by atoms with van der Waals surface area (Å²) in [6, 6.07) is 5.72. The van der Waals surface area contributed by atoms with Crippen molar-refractivity contribution in [3.05, 3.63) is 51.2 Å². The molecule has 6 heteroatoms. The number of hydrogen-bond donors (Lipinski definition) is 0. The van der Waals surface area contributed by atoms with Crippen LogP contribution in [0.5, 0.6) is 0 Å². The average molecular weight is 334 g/mol. The Morgan fingerprint density at radius 1 is 1.33 bits per heavy atom. The predicted octanol–water partition coefficient (Wildman–Crippen LogP) is 2.91. The van der Waals surface area contributed by atoms with Gasteiger partial charge in [-0.05, 0) is 24.3 Å². The molecule has 0 aliphatic heterocycles. The van der Waals surface area contributed by atoms with Crippen LogP contribution in [0.3, 0.4) is 0 Å². The monoisotopic (exact) mass is 332 g/mol. The van der Waals surface area contributed by atoms with Gasteiger partial charge in [0, 0.05) is 18.8 Å². The predicted molar refractivity (Wildman–Crippen MR) is 73.5 cm³/mol. The second-order valence-electron chi connectivity index (χ2n) is 3.82. The summed E-state index contributed by atoms with van der Waals surface area (Å²) in [5.41, 5.74) is 1.05. The maximum absolute atomic E-state index is 12.9. The SMILES string of the molecule is Cn1c(CCBr)c(Cl)c(=O)n1-c1ccc(F)cc1. The molecule has 0 aliphatic rings. The van der Waals surface area contributed by atoms with Crippen molar-refractivity contribution in [3.63, 3.8) is 0 Å². The highest BCUT2D eigenvalue weighted by molar-refractivity contribution is 9.09. The van der Waals surface area contributed by atoms with Crippen LogP contribution in [0.15, 0.2) is 29.1 Å². The maximum atomic E-state index is 12.9. The van der Waals surface area contributed by atoms with E-state index < -0.39 is 0 Å². The van der Waals surface area contributed by atoms with Gasteiger partial charge in [-0.1, -0.05) is 27.5 Å². The van der Waals surface area contributed by atoms with Gasteiger partial charge in [0.2, 0.25) is 0 Å². The number of rotatable bonds is 3. The van der Waals surface area contributed by atoms with Crippen molar-refractivity contribution in [1.29, 1.82) is 0 Å². The van der Waals surface area contributed by atoms with Crippen LogP contribution < -0.4 is 5.56 Å². The first kappa shape index (κ1) is 13.4. The first-order chi connectivity index (χ1) is 8.56. The van der Waals surface area contributed by atoms with Gasteiger partial charge in [-0.15, -0.1) is 0 Å². The number of halogens is 3. The summed E-state index contributed by atoms with van der Waals surface area (Å²) >= 11 is 9.35. The third kappa shape index (κ3) is 2.24. The summed E-state index contributed by atoms with van der Waals surface area (Å²) in [7, 11) is 1.76.